The molecule has 0 aliphatic carbocycles. The number of carbonyl (C=O) groups is 2. The van der Waals surface area contributed by atoms with Crippen molar-refractivity contribution in [1.29, 1.82) is 0 Å². The van der Waals surface area contributed by atoms with Crippen LogP contribution in [0, 0.1) is 0 Å². The lowest BCUT2D eigenvalue weighted by Gasteiger charge is -2.15. The molecule has 1 aromatic carbocycles. The Bertz CT molecular complexity index is 453. The number of carbonyl (C=O) groups excluding carboxylic acids is 1. The summed E-state index contributed by atoms with van der Waals surface area (Å²) in [6, 6.07) is 7.18. The van der Waals surface area contributed by atoms with Gasteiger partial charge in [0.25, 0.3) is 0 Å². The molecular weight excluding hydrogens is 286 g/mol. The first-order valence-electron chi connectivity index (χ1n) is 5.84. The van der Waals surface area contributed by atoms with Crippen LogP contribution in [0.2, 0.25) is 5.02 Å². The number of hydrogen-bond donors (Lipinski definition) is 2. The van der Waals surface area contributed by atoms with Crippen LogP contribution in [0.5, 0.6) is 0 Å². The van der Waals surface area contributed by atoms with Crippen molar-refractivity contribution in [3.63, 3.8) is 0 Å². The molecule has 6 heteroatoms. The SMILES string of the molecule is CC(NC(=O)CSCCC(=O)O)c1ccccc1Cl. The number of rotatable bonds is 7. The molecule has 0 spiro atoms. The zero-order valence-corrected chi connectivity index (χ0v) is 12.1. The molecule has 19 heavy (non-hydrogen) atoms. The average Bonchev–Trinajstić information content (AvgIpc) is 2.35. The summed E-state index contributed by atoms with van der Waals surface area (Å²) in [6.07, 6.45) is 0.0675. The maximum atomic E-state index is 11.7. The number of carboxylic acid groups (broad SMARTS) is 1. The molecule has 0 aliphatic heterocycles. The molecule has 0 saturated heterocycles. The molecule has 4 nitrogen and oxygen atoms in total. The molecule has 0 heterocycles. The summed E-state index contributed by atoms with van der Waals surface area (Å²) in [4.78, 5) is 22.0. The number of benzene rings is 1. The fourth-order valence-corrected chi connectivity index (χ4v) is 2.54. The largest absolute Gasteiger partial charge is 0.481 e. The normalized spacial score (nSPS) is 11.9. The Balaban J connectivity index is 2.36. The van der Waals surface area contributed by atoms with Gasteiger partial charge in [0.2, 0.25) is 5.91 Å². The minimum absolute atomic E-state index is 0.0675. The van der Waals surface area contributed by atoms with Crippen LogP contribution < -0.4 is 5.32 Å². The Morgan fingerprint density at radius 2 is 2.11 bits per heavy atom. The maximum absolute atomic E-state index is 11.7. The number of hydrogen-bond acceptors (Lipinski definition) is 3. The van der Waals surface area contributed by atoms with Gasteiger partial charge in [-0.15, -0.1) is 0 Å². The Morgan fingerprint density at radius 3 is 2.74 bits per heavy atom. The van der Waals surface area contributed by atoms with Crippen molar-refractivity contribution in [2.45, 2.75) is 19.4 Å². The van der Waals surface area contributed by atoms with Crippen LogP contribution in [-0.4, -0.2) is 28.5 Å². The molecule has 0 saturated carbocycles. The first-order chi connectivity index (χ1) is 9.00. The van der Waals surface area contributed by atoms with Crippen molar-refractivity contribution >= 4 is 35.2 Å². The highest BCUT2D eigenvalue weighted by Gasteiger charge is 2.12. The second-order valence-corrected chi connectivity index (χ2v) is 5.52. The molecule has 2 N–H and O–H groups in total. The highest BCUT2D eigenvalue weighted by molar-refractivity contribution is 7.99. The van der Waals surface area contributed by atoms with Gasteiger partial charge < -0.3 is 10.4 Å². The van der Waals surface area contributed by atoms with Crippen molar-refractivity contribution in [3.8, 4) is 0 Å². The van der Waals surface area contributed by atoms with Gasteiger partial charge in [-0.1, -0.05) is 29.8 Å². The van der Waals surface area contributed by atoms with Crippen molar-refractivity contribution < 1.29 is 14.7 Å². The summed E-state index contributed by atoms with van der Waals surface area (Å²) in [5.74, 6) is -0.286. The predicted octanol–water partition coefficient (Wildman–Crippen LogP) is 2.73. The maximum Gasteiger partial charge on any atom is 0.304 e. The number of aliphatic carboxylic acids is 1. The zero-order chi connectivity index (χ0) is 14.3. The first kappa shape index (κ1) is 15.9. The van der Waals surface area contributed by atoms with Crippen LogP contribution in [-0.2, 0) is 9.59 Å². The Hall–Kier alpha value is -1.20. The molecule has 0 fully saturated rings. The van der Waals surface area contributed by atoms with E-state index in [1.54, 1.807) is 6.07 Å². The third-order valence-corrected chi connectivity index (χ3v) is 3.75. The highest BCUT2D eigenvalue weighted by atomic mass is 35.5. The van der Waals surface area contributed by atoms with E-state index in [4.69, 9.17) is 16.7 Å². The minimum Gasteiger partial charge on any atom is -0.481 e. The van der Waals surface area contributed by atoms with E-state index in [0.717, 1.165) is 5.56 Å². The monoisotopic (exact) mass is 301 g/mol. The third-order valence-electron chi connectivity index (χ3n) is 2.44. The molecule has 1 unspecified atom stereocenters. The quantitative estimate of drug-likeness (QED) is 0.760. The molecule has 1 aromatic rings. The van der Waals surface area contributed by atoms with Crippen LogP contribution in [0.3, 0.4) is 0 Å². The van der Waals surface area contributed by atoms with Crippen molar-refractivity contribution in [2.75, 3.05) is 11.5 Å². The van der Waals surface area contributed by atoms with Gasteiger partial charge in [-0.25, -0.2) is 0 Å². The molecule has 0 radical (unpaired) electrons. The van der Waals surface area contributed by atoms with Crippen LogP contribution in [0.15, 0.2) is 24.3 Å². The number of thioether (sulfide) groups is 1. The fourth-order valence-electron chi connectivity index (χ4n) is 1.51. The third kappa shape index (κ3) is 5.98. The Morgan fingerprint density at radius 1 is 1.42 bits per heavy atom. The summed E-state index contributed by atoms with van der Waals surface area (Å²) in [6.45, 7) is 1.86. The summed E-state index contributed by atoms with van der Waals surface area (Å²) < 4.78 is 0. The second kappa shape index (κ2) is 8.07. The lowest BCUT2D eigenvalue weighted by molar-refractivity contribution is -0.136. The van der Waals surface area contributed by atoms with Crippen molar-refractivity contribution in [1.82, 2.24) is 5.32 Å². The van der Waals surface area contributed by atoms with E-state index in [2.05, 4.69) is 5.32 Å². The summed E-state index contributed by atoms with van der Waals surface area (Å²) in [5, 5.41) is 11.9. The average molecular weight is 302 g/mol. The Labute approximate surface area is 121 Å². The predicted molar refractivity (Wildman–Crippen MR) is 77.6 cm³/mol. The van der Waals surface area contributed by atoms with Gasteiger partial charge in [0.05, 0.1) is 18.2 Å². The Kier molecular flexibility index (Phi) is 6.73. The summed E-state index contributed by atoms with van der Waals surface area (Å²) >= 11 is 7.35. The number of nitrogens with one attached hydrogen (secondary N) is 1. The standard InChI is InChI=1S/C13H16ClNO3S/c1-9(10-4-2-3-5-11(10)14)15-12(16)8-19-7-6-13(17)18/h2-5,9H,6-8H2,1H3,(H,15,16)(H,17,18). The van der Waals surface area contributed by atoms with Gasteiger partial charge >= 0.3 is 5.97 Å². The van der Waals surface area contributed by atoms with Gasteiger partial charge in [-0.05, 0) is 18.6 Å². The molecule has 1 rings (SSSR count). The molecule has 0 bridgehead atoms. The van der Waals surface area contributed by atoms with Gasteiger partial charge in [0.1, 0.15) is 0 Å². The van der Waals surface area contributed by atoms with E-state index in [-0.39, 0.29) is 24.1 Å². The van der Waals surface area contributed by atoms with E-state index in [0.29, 0.717) is 10.8 Å². The first-order valence-corrected chi connectivity index (χ1v) is 7.37. The van der Waals surface area contributed by atoms with Crippen molar-refractivity contribution in [2.24, 2.45) is 0 Å². The van der Waals surface area contributed by atoms with Crippen LogP contribution >= 0.6 is 23.4 Å². The second-order valence-electron chi connectivity index (χ2n) is 4.01. The molecular formula is C13H16ClNO3S. The molecule has 104 valence electrons. The van der Waals surface area contributed by atoms with Crippen LogP contribution in [0.25, 0.3) is 0 Å². The van der Waals surface area contributed by atoms with E-state index in [9.17, 15) is 9.59 Å². The topological polar surface area (TPSA) is 66.4 Å². The lowest BCUT2D eigenvalue weighted by Crippen LogP contribution is -2.28. The number of amides is 1. The van der Waals surface area contributed by atoms with Gasteiger partial charge in [-0.3, -0.25) is 9.59 Å². The highest BCUT2D eigenvalue weighted by Crippen LogP contribution is 2.22. The fraction of sp³-hybridized carbons (Fsp3) is 0.385. The number of halogens is 1. The molecule has 1 atom stereocenters. The van der Waals surface area contributed by atoms with E-state index >= 15 is 0 Å². The van der Waals surface area contributed by atoms with E-state index in [1.165, 1.54) is 11.8 Å². The van der Waals surface area contributed by atoms with Crippen LogP contribution in [0.1, 0.15) is 24.9 Å². The van der Waals surface area contributed by atoms with Gasteiger partial charge in [0.15, 0.2) is 0 Å². The van der Waals surface area contributed by atoms with Gasteiger partial charge in [-0.2, -0.15) is 11.8 Å². The molecule has 0 aromatic heterocycles. The van der Waals surface area contributed by atoms with Crippen molar-refractivity contribution in [3.05, 3.63) is 34.9 Å². The van der Waals surface area contributed by atoms with Gasteiger partial charge in [0, 0.05) is 10.8 Å². The zero-order valence-electron chi connectivity index (χ0n) is 10.6. The summed E-state index contributed by atoms with van der Waals surface area (Å²) in [7, 11) is 0. The number of carboxylic acids is 1. The smallest absolute Gasteiger partial charge is 0.304 e. The molecule has 1 amide bonds. The minimum atomic E-state index is -0.850. The molecule has 0 aliphatic rings. The summed E-state index contributed by atoms with van der Waals surface area (Å²) in [5.41, 5.74) is 0.869. The van der Waals surface area contributed by atoms with E-state index in [1.807, 2.05) is 25.1 Å². The van der Waals surface area contributed by atoms with Crippen LogP contribution in [0.4, 0.5) is 0 Å². The lowest BCUT2D eigenvalue weighted by atomic mass is 10.1. The van der Waals surface area contributed by atoms with E-state index < -0.39 is 5.97 Å².